The third-order valence-corrected chi connectivity index (χ3v) is 10.2. The lowest BCUT2D eigenvalue weighted by molar-refractivity contribution is 0.0771. The Balaban J connectivity index is 0.000000304. The Labute approximate surface area is 394 Å². The van der Waals surface area contributed by atoms with E-state index in [2.05, 4.69) is 25.5 Å². The SMILES string of the molecule is C.[2H]C([2H])([2H])n1nc(CN(C)C(=O)c2ccc(F)cc2[C@@H](C)Oc2cc(C)cnc2NC)cc1C#N.[2H]C([2H])([2H])n1nc2c(c1C#N)-c1cnc(N(C)C)c(c1)O[C@H](C)c1cc(F)ccc1C(=O)N(C)C2.[B]. The van der Waals surface area contributed by atoms with Crippen LogP contribution in [-0.2, 0) is 27.0 Å². The highest BCUT2D eigenvalue weighted by Crippen LogP contribution is 2.38. The van der Waals surface area contributed by atoms with Crippen molar-refractivity contribution in [2.75, 3.05) is 45.5 Å². The number of nitriles is 2. The summed E-state index contributed by atoms with van der Waals surface area (Å²) < 4.78 is 87.9. The molecule has 1 aliphatic rings. The molecule has 5 heterocycles. The number of fused-ring (bicyclic) bond motifs is 5. The molecule has 4 aromatic heterocycles. The van der Waals surface area contributed by atoms with Crippen molar-refractivity contribution in [1.29, 1.82) is 10.5 Å². The number of rotatable bonds is 8. The number of nitrogens with zero attached hydrogens (tertiary/aromatic N) is 11. The number of aromatic nitrogens is 6. The van der Waals surface area contributed by atoms with Gasteiger partial charge in [-0.05, 0) is 80.9 Å². The average molecular weight is 904 g/mol. The van der Waals surface area contributed by atoms with E-state index in [4.69, 9.17) is 17.7 Å². The molecule has 6 aromatic rings. The van der Waals surface area contributed by atoms with E-state index in [1.165, 1.54) is 72.6 Å². The second kappa shape index (κ2) is 21.3. The number of nitrogens with one attached hydrogen (secondary N) is 1. The molecule has 66 heavy (non-hydrogen) atoms. The predicted octanol–water partition coefficient (Wildman–Crippen LogP) is 7.13. The van der Waals surface area contributed by atoms with Crippen LogP contribution in [0.5, 0.6) is 11.5 Å². The molecule has 0 fully saturated rings. The maximum Gasteiger partial charge on any atom is 0.254 e. The summed E-state index contributed by atoms with van der Waals surface area (Å²) in [5.74, 6) is -0.195. The molecule has 0 spiro atoms. The number of aryl methyl sites for hydroxylation is 3. The Hall–Kier alpha value is -7.80. The molecule has 1 N–H and O–H groups in total. The van der Waals surface area contributed by atoms with E-state index in [0.29, 0.717) is 49.2 Å². The summed E-state index contributed by atoms with van der Waals surface area (Å²) in [6.45, 7) is -0.242. The van der Waals surface area contributed by atoms with Crippen LogP contribution in [0.3, 0.4) is 0 Å². The number of amides is 2. The lowest BCUT2D eigenvalue weighted by atomic mass is 10.00. The van der Waals surface area contributed by atoms with Gasteiger partial charge >= 0.3 is 0 Å². The molecule has 2 amide bonds. The number of halogens is 2. The first-order valence-electron chi connectivity index (χ1n) is 22.6. The molecule has 0 saturated carbocycles. The quantitative estimate of drug-likeness (QED) is 0.153. The number of carbonyl (C=O) groups is 2. The molecule has 3 radical (unpaired) electrons. The van der Waals surface area contributed by atoms with E-state index in [1.54, 1.807) is 64.3 Å². The Morgan fingerprint density at radius 3 is 2.39 bits per heavy atom. The summed E-state index contributed by atoms with van der Waals surface area (Å²) >= 11 is 0. The highest BCUT2D eigenvalue weighted by molar-refractivity contribution is 5.96. The summed E-state index contributed by atoms with van der Waals surface area (Å²) in [5, 5.41) is 30.2. The third kappa shape index (κ3) is 10.8. The number of hydrogen-bond donors (Lipinski definition) is 1. The number of benzene rings is 2. The van der Waals surface area contributed by atoms with Crippen LogP contribution in [0, 0.1) is 41.2 Å². The minimum Gasteiger partial charge on any atom is -0.482 e. The number of hydrogen-bond acceptors (Lipinski definition) is 12. The summed E-state index contributed by atoms with van der Waals surface area (Å²) in [7, 11) is 8.27. The minimum absolute atomic E-state index is 0. The summed E-state index contributed by atoms with van der Waals surface area (Å²) in [6, 6.07) is 16.1. The fourth-order valence-corrected chi connectivity index (χ4v) is 7.04. The minimum atomic E-state index is -2.72. The largest absolute Gasteiger partial charge is 0.482 e. The van der Waals surface area contributed by atoms with Crippen molar-refractivity contribution < 1.29 is 36.1 Å². The molecular weight excluding hydrogens is 845 g/mol. The van der Waals surface area contributed by atoms with Crippen LogP contribution < -0.4 is 19.7 Å². The van der Waals surface area contributed by atoms with Crippen molar-refractivity contribution in [1.82, 2.24) is 39.3 Å². The van der Waals surface area contributed by atoms with Crippen LogP contribution in [0.25, 0.3) is 11.1 Å². The lowest BCUT2D eigenvalue weighted by Gasteiger charge is -2.25. The Kier molecular flexibility index (Phi) is 13.6. The van der Waals surface area contributed by atoms with Crippen molar-refractivity contribution in [2.45, 2.75) is 53.5 Å². The van der Waals surface area contributed by atoms with Crippen molar-refractivity contribution in [2.24, 2.45) is 14.0 Å². The molecular formula is C47H52BF2N12O4. The molecule has 341 valence electrons. The van der Waals surface area contributed by atoms with Crippen molar-refractivity contribution >= 4 is 31.9 Å². The maximum atomic E-state index is 14.2. The molecule has 7 rings (SSSR count). The van der Waals surface area contributed by atoms with Gasteiger partial charge in [0.05, 0.1) is 24.5 Å². The standard InChI is InChI=1S/C23H23FN6O2.C23H25FN6O2.CH4.B/c1-13-17-9-15(24)6-7-16(17)23(31)29(4)12-18-21(19(10-25)30(5)27-18)14-8-20(32-13)22(26-11-14)28(2)3;1-14-8-21(22(26-3)27-12-14)32-15(2)20-9-16(24)6-7-19(20)23(31)29(4)13-17-10-18(11-25)30(5)28-17;;/h6-9,11,13H,12H2,1-5H3;6-10,12,15H,13H2,1-5H3,(H,26,27);1H4;/t13-;15-;;/m11../s1/i2*5D3;;. The Morgan fingerprint density at radius 1 is 1.03 bits per heavy atom. The van der Waals surface area contributed by atoms with Crippen LogP contribution in [0.2, 0.25) is 0 Å². The second-order valence-electron chi connectivity index (χ2n) is 15.1. The van der Waals surface area contributed by atoms with Gasteiger partial charge in [0.1, 0.15) is 47.4 Å². The van der Waals surface area contributed by atoms with Crippen LogP contribution in [0.15, 0.2) is 67.0 Å². The predicted molar refractivity (Wildman–Crippen MR) is 247 cm³/mol. The summed E-state index contributed by atoms with van der Waals surface area (Å²) in [4.78, 5) is 39.8. The highest BCUT2D eigenvalue weighted by atomic mass is 19.1. The van der Waals surface area contributed by atoms with E-state index in [1.807, 2.05) is 13.0 Å². The molecule has 2 atom stereocenters. The van der Waals surface area contributed by atoms with Gasteiger partial charge in [-0.2, -0.15) is 20.7 Å². The number of pyridine rings is 2. The van der Waals surface area contributed by atoms with Gasteiger partial charge < -0.3 is 29.5 Å². The number of carbonyl (C=O) groups excluding carboxylic acids is 2. The van der Waals surface area contributed by atoms with E-state index in [-0.39, 0.29) is 68.4 Å². The van der Waals surface area contributed by atoms with Gasteiger partial charge in [-0.1, -0.05) is 7.43 Å². The van der Waals surface area contributed by atoms with Gasteiger partial charge in [-0.3, -0.25) is 19.0 Å². The van der Waals surface area contributed by atoms with Crippen molar-refractivity contribution in [3.8, 4) is 34.8 Å². The maximum absolute atomic E-state index is 14.2. The van der Waals surface area contributed by atoms with Gasteiger partial charge in [0.2, 0.25) is 0 Å². The second-order valence-corrected chi connectivity index (χ2v) is 15.1. The Bertz CT molecular complexity index is 3060. The molecule has 2 aromatic carbocycles. The van der Waals surface area contributed by atoms with Gasteiger partial charge in [0.25, 0.3) is 11.8 Å². The average Bonchev–Trinajstić information content (AvgIpc) is 3.90. The number of anilines is 2. The van der Waals surface area contributed by atoms with Crippen molar-refractivity contribution in [3.05, 3.63) is 129 Å². The van der Waals surface area contributed by atoms with Gasteiger partial charge in [0.15, 0.2) is 23.1 Å². The van der Waals surface area contributed by atoms with E-state index < -0.39 is 49.6 Å². The molecule has 19 heteroatoms. The van der Waals surface area contributed by atoms with Crippen LogP contribution in [-0.4, -0.2) is 94.8 Å². The fraction of sp³-hybridized carbons (Fsp3) is 0.319. The molecule has 0 unspecified atom stereocenters. The summed E-state index contributed by atoms with van der Waals surface area (Å²) in [5.41, 5.74) is 2.76. The highest BCUT2D eigenvalue weighted by Gasteiger charge is 2.28. The molecule has 1 aliphatic heterocycles. The molecule has 0 saturated heterocycles. The fourth-order valence-electron chi connectivity index (χ4n) is 7.04. The van der Waals surface area contributed by atoms with Crippen LogP contribution in [0.4, 0.5) is 20.4 Å². The zero-order valence-electron chi connectivity index (χ0n) is 42.8. The normalized spacial score (nSPS) is 14.9. The zero-order chi connectivity index (χ0) is 51.6. The van der Waals surface area contributed by atoms with E-state index in [0.717, 1.165) is 5.56 Å². The smallest absolute Gasteiger partial charge is 0.254 e. The van der Waals surface area contributed by atoms with Crippen LogP contribution >= 0.6 is 0 Å². The van der Waals surface area contributed by atoms with E-state index in [9.17, 15) is 28.9 Å². The van der Waals surface area contributed by atoms with Crippen molar-refractivity contribution in [3.63, 3.8) is 0 Å². The first kappa shape index (κ1) is 42.2. The monoisotopic (exact) mass is 903 g/mol. The van der Waals surface area contributed by atoms with E-state index >= 15 is 0 Å². The zero-order valence-corrected chi connectivity index (χ0v) is 36.8. The summed E-state index contributed by atoms with van der Waals surface area (Å²) in [6.07, 6.45) is 1.75. The molecule has 2 bridgehead atoms. The topological polar surface area (TPSA) is 183 Å². The van der Waals surface area contributed by atoms with Gasteiger partial charge in [-0.25, -0.2) is 18.7 Å². The Morgan fingerprint density at radius 2 is 1.74 bits per heavy atom. The molecule has 16 nitrogen and oxygen atoms in total. The third-order valence-electron chi connectivity index (χ3n) is 10.2. The first-order valence-corrected chi connectivity index (χ1v) is 19.6. The molecule has 0 aliphatic carbocycles. The number of ether oxygens (including phenoxy) is 2. The first-order chi connectivity index (χ1) is 32.9. The lowest BCUT2D eigenvalue weighted by Crippen LogP contribution is -2.28. The van der Waals surface area contributed by atoms with Gasteiger partial charge in [-0.15, -0.1) is 0 Å². The van der Waals surface area contributed by atoms with Crippen LogP contribution in [0.1, 0.15) is 102 Å². The van der Waals surface area contributed by atoms with Gasteiger partial charge in [0, 0.05) is 112 Å².